The zero-order chi connectivity index (χ0) is 27.0. The Morgan fingerprint density at radius 1 is 0.795 bits per heavy atom. The number of nitrogens with one attached hydrogen (secondary N) is 1. The Labute approximate surface area is 227 Å². The van der Waals surface area contributed by atoms with Gasteiger partial charge in [0.2, 0.25) is 5.91 Å². The van der Waals surface area contributed by atoms with Gasteiger partial charge in [0.25, 0.3) is 5.91 Å². The van der Waals surface area contributed by atoms with Gasteiger partial charge in [0.1, 0.15) is 25.1 Å². The Bertz CT molecular complexity index is 1410. The maximum Gasteiger partial charge on any atom is 0.255 e. The molecule has 1 aliphatic rings. The van der Waals surface area contributed by atoms with Gasteiger partial charge in [0, 0.05) is 18.7 Å². The molecule has 0 bridgehead atoms. The first-order chi connectivity index (χ1) is 19.1. The van der Waals surface area contributed by atoms with E-state index in [0.717, 1.165) is 11.1 Å². The molecule has 1 unspecified atom stereocenters. The average molecular weight is 525 g/mol. The summed E-state index contributed by atoms with van der Waals surface area (Å²) in [6.45, 7) is 1.39. The van der Waals surface area contributed by atoms with Crippen LogP contribution in [0.5, 0.6) is 11.5 Å². The Hall–Kier alpha value is -4.65. The number of benzene rings is 4. The topological polar surface area (TPSA) is 67.9 Å². The Morgan fingerprint density at radius 3 is 2.13 bits per heavy atom. The molecule has 0 aliphatic carbocycles. The minimum absolute atomic E-state index is 0.169. The van der Waals surface area contributed by atoms with E-state index in [4.69, 9.17) is 9.47 Å². The molecule has 4 aromatic carbocycles. The predicted molar refractivity (Wildman–Crippen MR) is 146 cm³/mol. The van der Waals surface area contributed by atoms with Crippen LogP contribution in [0.3, 0.4) is 0 Å². The molecular weight excluding hydrogens is 495 g/mol. The fraction of sp³-hybridized carbons (Fsp3) is 0.188. The summed E-state index contributed by atoms with van der Waals surface area (Å²) in [7, 11) is 0. The molecule has 2 amide bonds. The van der Waals surface area contributed by atoms with Gasteiger partial charge in [-0.2, -0.15) is 0 Å². The molecule has 0 radical (unpaired) electrons. The monoisotopic (exact) mass is 524 g/mol. The van der Waals surface area contributed by atoms with Gasteiger partial charge in [0.15, 0.2) is 11.5 Å². The van der Waals surface area contributed by atoms with Crippen LogP contribution < -0.4 is 14.8 Å². The molecule has 1 atom stereocenters. The van der Waals surface area contributed by atoms with Crippen LogP contribution in [0.15, 0.2) is 103 Å². The lowest BCUT2D eigenvalue weighted by atomic mass is 10.0. The highest BCUT2D eigenvalue weighted by Crippen LogP contribution is 2.33. The molecule has 5 rings (SSSR count). The Morgan fingerprint density at radius 2 is 1.44 bits per heavy atom. The largest absolute Gasteiger partial charge is 0.486 e. The number of rotatable bonds is 9. The lowest BCUT2D eigenvalue weighted by Crippen LogP contribution is -2.44. The van der Waals surface area contributed by atoms with E-state index < -0.39 is 11.9 Å². The van der Waals surface area contributed by atoms with Crippen LogP contribution in [-0.2, 0) is 17.8 Å². The number of fused-ring (bicyclic) bond motifs is 1. The van der Waals surface area contributed by atoms with Gasteiger partial charge in [-0.1, -0.05) is 72.8 Å². The van der Waals surface area contributed by atoms with Crippen molar-refractivity contribution < 1.29 is 23.5 Å². The number of nitrogens with zero attached hydrogens (tertiary/aromatic N) is 1. The molecule has 0 saturated heterocycles. The number of amides is 2. The third-order valence-electron chi connectivity index (χ3n) is 6.55. The predicted octanol–water partition coefficient (Wildman–Crippen LogP) is 5.34. The van der Waals surface area contributed by atoms with Crippen molar-refractivity contribution >= 4 is 11.8 Å². The van der Waals surface area contributed by atoms with Crippen molar-refractivity contribution in [1.29, 1.82) is 0 Å². The molecule has 39 heavy (non-hydrogen) atoms. The second-order valence-electron chi connectivity index (χ2n) is 9.26. The van der Waals surface area contributed by atoms with Gasteiger partial charge in [-0.15, -0.1) is 0 Å². The Balaban J connectivity index is 1.48. The third-order valence-corrected chi connectivity index (χ3v) is 6.55. The molecule has 198 valence electrons. The number of ether oxygens (including phenoxy) is 2. The fourth-order valence-corrected chi connectivity index (χ4v) is 4.59. The van der Waals surface area contributed by atoms with Crippen molar-refractivity contribution in [3.63, 3.8) is 0 Å². The van der Waals surface area contributed by atoms with E-state index in [1.807, 2.05) is 60.7 Å². The van der Waals surface area contributed by atoms with E-state index in [0.29, 0.717) is 48.8 Å². The maximum atomic E-state index is 14.1. The molecule has 7 heteroatoms. The summed E-state index contributed by atoms with van der Waals surface area (Å²) in [6, 6.07) is 29.0. The summed E-state index contributed by atoms with van der Waals surface area (Å²) in [5.41, 5.74) is 2.81. The summed E-state index contributed by atoms with van der Waals surface area (Å²) in [6.07, 6.45) is 0.636. The first-order valence-electron chi connectivity index (χ1n) is 12.9. The third kappa shape index (κ3) is 6.44. The summed E-state index contributed by atoms with van der Waals surface area (Å²) in [5.74, 6) is -0.0731. The molecule has 0 saturated carbocycles. The van der Waals surface area contributed by atoms with Crippen LogP contribution in [-0.4, -0.2) is 36.5 Å². The standard InChI is InChI=1S/C32H29FN2O4/c33-27-14-11-25(12-15-27)30(31(36)34-18-17-23-7-3-1-4-8-23)35(22-24-9-5-2-6-10-24)32(37)26-13-16-28-29(21-26)39-20-19-38-28/h1-16,21,30H,17-20,22H2,(H,34,36). The fourth-order valence-electron chi connectivity index (χ4n) is 4.59. The van der Waals surface area contributed by atoms with Crippen LogP contribution in [0, 0.1) is 5.82 Å². The zero-order valence-electron chi connectivity index (χ0n) is 21.4. The van der Waals surface area contributed by atoms with E-state index in [1.165, 1.54) is 17.0 Å². The molecule has 0 spiro atoms. The van der Waals surface area contributed by atoms with E-state index in [9.17, 15) is 14.0 Å². The number of carbonyl (C=O) groups is 2. The summed E-state index contributed by atoms with van der Waals surface area (Å²) in [4.78, 5) is 29.4. The molecule has 6 nitrogen and oxygen atoms in total. The highest BCUT2D eigenvalue weighted by atomic mass is 19.1. The maximum absolute atomic E-state index is 14.1. The smallest absolute Gasteiger partial charge is 0.255 e. The van der Waals surface area contributed by atoms with E-state index in [1.54, 1.807) is 30.3 Å². The van der Waals surface area contributed by atoms with Gasteiger partial charge in [-0.25, -0.2) is 4.39 Å². The van der Waals surface area contributed by atoms with Crippen LogP contribution in [0.2, 0.25) is 0 Å². The zero-order valence-corrected chi connectivity index (χ0v) is 21.4. The van der Waals surface area contributed by atoms with Crippen molar-refractivity contribution in [2.24, 2.45) is 0 Å². The SMILES string of the molecule is O=C(NCCc1ccccc1)C(c1ccc(F)cc1)N(Cc1ccccc1)C(=O)c1ccc2c(c1)OCCO2. The van der Waals surface area contributed by atoms with Crippen LogP contribution in [0.4, 0.5) is 4.39 Å². The number of hydrogen-bond donors (Lipinski definition) is 1. The number of carbonyl (C=O) groups excluding carboxylic acids is 2. The summed E-state index contributed by atoms with van der Waals surface area (Å²) in [5, 5.41) is 3.00. The molecule has 1 N–H and O–H groups in total. The minimum atomic E-state index is -0.998. The minimum Gasteiger partial charge on any atom is -0.486 e. The lowest BCUT2D eigenvalue weighted by molar-refractivity contribution is -0.126. The molecule has 1 aliphatic heterocycles. The van der Waals surface area contributed by atoms with Gasteiger partial charge >= 0.3 is 0 Å². The van der Waals surface area contributed by atoms with Crippen LogP contribution in [0.25, 0.3) is 0 Å². The van der Waals surface area contributed by atoms with E-state index >= 15 is 0 Å². The van der Waals surface area contributed by atoms with Crippen molar-refractivity contribution in [3.05, 3.63) is 131 Å². The van der Waals surface area contributed by atoms with Crippen molar-refractivity contribution in [3.8, 4) is 11.5 Å². The van der Waals surface area contributed by atoms with Gasteiger partial charge in [-0.3, -0.25) is 9.59 Å². The molecule has 4 aromatic rings. The molecule has 0 fully saturated rings. The quantitative estimate of drug-likeness (QED) is 0.321. The van der Waals surface area contributed by atoms with E-state index in [-0.39, 0.29) is 18.4 Å². The first-order valence-corrected chi connectivity index (χ1v) is 12.9. The van der Waals surface area contributed by atoms with Gasteiger partial charge in [-0.05, 0) is 53.4 Å². The normalized spacial score (nSPS) is 12.8. The second-order valence-corrected chi connectivity index (χ2v) is 9.26. The van der Waals surface area contributed by atoms with Crippen molar-refractivity contribution in [1.82, 2.24) is 10.2 Å². The van der Waals surface area contributed by atoms with Gasteiger partial charge in [0.05, 0.1) is 0 Å². The number of halogens is 1. The highest BCUT2D eigenvalue weighted by Gasteiger charge is 2.33. The summed E-state index contributed by atoms with van der Waals surface area (Å²) < 4.78 is 25.2. The van der Waals surface area contributed by atoms with E-state index in [2.05, 4.69) is 5.32 Å². The first kappa shape index (κ1) is 26.0. The number of hydrogen-bond acceptors (Lipinski definition) is 4. The average Bonchev–Trinajstić information content (AvgIpc) is 2.98. The summed E-state index contributed by atoms with van der Waals surface area (Å²) >= 11 is 0. The van der Waals surface area contributed by atoms with Crippen LogP contribution in [0.1, 0.15) is 33.1 Å². The molecule has 0 aromatic heterocycles. The molecule has 1 heterocycles. The lowest BCUT2D eigenvalue weighted by Gasteiger charge is -2.32. The Kier molecular flexibility index (Phi) is 8.17. The highest BCUT2D eigenvalue weighted by molar-refractivity contribution is 5.98. The van der Waals surface area contributed by atoms with Gasteiger partial charge < -0.3 is 19.7 Å². The van der Waals surface area contributed by atoms with Crippen LogP contribution >= 0.6 is 0 Å². The van der Waals surface area contributed by atoms with Crippen molar-refractivity contribution in [2.45, 2.75) is 19.0 Å². The molecular formula is C32H29FN2O4. The van der Waals surface area contributed by atoms with Crippen molar-refractivity contribution in [2.75, 3.05) is 19.8 Å². The second kappa shape index (κ2) is 12.3.